The molecule has 1 aromatic rings. The molecule has 3 nitrogen and oxygen atoms in total. The minimum absolute atomic E-state index is 0.181. The maximum Gasteiger partial charge on any atom is 0.123 e. The quantitative estimate of drug-likeness (QED) is 0.800. The third-order valence-corrected chi connectivity index (χ3v) is 2.41. The van der Waals surface area contributed by atoms with Crippen LogP contribution in [0.4, 0.5) is 0 Å². The van der Waals surface area contributed by atoms with E-state index >= 15 is 0 Å². The highest BCUT2D eigenvalue weighted by atomic mass is 16.5. The van der Waals surface area contributed by atoms with Crippen LogP contribution in [-0.4, -0.2) is 14.2 Å². The second kappa shape index (κ2) is 6.05. The standard InChI is InChI=1S/C12H16N2O/c1-14-11(7-5-9-13)10-6-3-4-8-12(10)15-2/h3-4,6,8,11,14H,5,7H2,1-2H3. The molecule has 1 rings (SSSR count). The number of ether oxygens (including phenoxy) is 1. The number of para-hydroxylation sites is 1. The fourth-order valence-electron chi connectivity index (χ4n) is 1.62. The number of nitriles is 1. The molecule has 0 saturated carbocycles. The number of methoxy groups -OCH3 is 1. The zero-order valence-electron chi connectivity index (χ0n) is 9.16. The molecule has 1 N–H and O–H groups in total. The van der Waals surface area contributed by atoms with Crippen molar-refractivity contribution in [3.8, 4) is 11.8 Å². The molecule has 15 heavy (non-hydrogen) atoms. The van der Waals surface area contributed by atoms with E-state index in [1.54, 1.807) is 7.11 Å². The molecular weight excluding hydrogens is 188 g/mol. The average Bonchev–Trinajstić information content (AvgIpc) is 2.30. The van der Waals surface area contributed by atoms with E-state index in [0.29, 0.717) is 6.42 Å². The van der Waals surface area contributed by atoms with Gasteiger partial charge in [0, 0.05) is 18.0 Å². The normalized spacial score (nSPS) is 11.8. The number of benzene rings is 1. The summed E-state index contributed by atoms with van der Waals surface area (Å²) in [6.07, 6.45) is 1.34. The molecule has 80 valence electrons. The summed E-state index contributed by atoms with van der Waals surface area (Å²) < 4.78 is 5.29. The van der Waals surface area contributed by atoms with Crippen molar-refractivity contribution in [2.24, 2.45) is 0 Å². The Kier molecular flexibility index (Phi) is 4.65. The summed E-state index contributed by atoms with van der Waals surface area (Å²) in [5, 5.41) is 11.8. The molecule has 1 atom stereocenters. The van der Waals surface area contributed by atoms with Crippen molar-refractivity contribution in [1.82, 2.24) is 5.32 Å². The van der Waals surface area contributed by atoms with Gasteiger partial charge in [0.25, 0.3) is 0 Å². The van der Waals surface area contributed by atoms with Gasteiger partial charge in [-0.3, -0.25) is 0 Å². The first kappa shape index (κ1) is 11.5. The van der Waals surface area contributed by atoms with Crippen LogP contribution in [-0.2, 0) is 0 Å². The molecule has 0 aliphatic rings. The summed E-state index contributed by atoms with van der Waals surface area (Å²) in [4.78, 5) is 0. The molecule has 0 radical (unpaired) electrons. The Morgan fingerprint density at radius 1 is 1.47 bits per heavy atom. The maximum absolute atomic E-state index is 8.58. The highest BCUT2D eigenvalue weighted by molar-refractivity contribution is 5.35. The molecule has 0 fully saturated rings. The molecule has 0 saturated heterocycles. The van der Waals surface area contributed by atoms with E-state index < -0.39 is 0 Å². The average molecular weight is 204 g/mol. The van der Waals surface area contributed by atoms with Crippen molar-refractivity contribution in [2.75, 3.05) is 14.2 Å². The Hall–Kier alpha value is -1.53. The lowest BCUT2D eigenvalue weighted by Crippen LogP contribution is -2.16. The number of hydrogen-bond acceptors (Lipinski definition) is 3. The van der Waals surface area contributed by atoms with E-state index in [4.69, 9.17) is 10.00 Å². The van der Waals surface area contributed by atoms with Crippen LogP contribution < -0.4 is 10.1 Å². The summed E-state index contributed by atoms with van der Waals surface area (Å²) >= 11 is 0. The van der Waals surface area contributed by atoms with Crippen molar-refractivity contribution in [2.45, 2.75) is 18.9 Å². The summed E-state index contributed by atoms with van der Waals surface area (Å²) in [5.74, 6) is 0.870. The van der Waals surface area contributed by atoms with E-state index in [-0.39, 0.29) is 6.04 Å². The van der Waals surface area contributed by atoms with E-state index in [2.05, 4.69) is 11.4 Å². The van der Waals surface area contributed by atoms with Gasteiger partial charge in [-0.15, -0.1) is 0 Å². The van der Waals surface area contributed by atoms with Crippen LogP contribution in [0.2, 0.25) is 0 Å². The second-order valence-electron chi connectivity index (χ2n) is 3.28. The molecule has 0 aliphatic heterocycles. The lowest BCUT2D eigenvalue weighted by Gasteiger charge is -2.17. The van der Waals surface area contributed by atoms with Crippen LogP contribution in [0.15, 0.2) is 24.3 Å². The highest BCUT2D eigenvalue weighted by Gasteiger charge is 2.12. The summed E-state index contributed by atoms with van der Waals surface area (Å²) in [5.41, 5.74) is 1.11. The van der Waals surface area contributed by atoms with Crippen molar-refractivity contribution < 1.29 is 4.74 Å². The van der Waals surface area contributed by atoms with E-state index in [9.17, 15) is 0 Å². The van der Waals surface area contributed by atoms with Crippen LogP contribution in [0, 0.1) is 11.3 Å². The fourth-order valence-corrected chi connectivity index (χ4v) is 1.62. The van der Waals surface area contributed by atoms with E-state index in [0.717, 1.165) is 17.7 Å². The van der Waals surface area contributed by atoms with E-state index in [1.165, 1.54) is 0 Å². The monoisotopic (exact) mass is 204 g/mol. The van der Waals surface area contributed by atoms with Crippen LogP contribution in [0.25, 0.3) is 0 Å². The first-order valence-electron chi connectivity index (χ1n) is 5.00. The van der Waals surface area contributed by atoms with Gasteiger partial charge in [0.15, 0.2) is 0 Å². The molecule has 0 aliphatic carbocycles. The Morgan fingerprint density at radius 3 is 2.80 bits per heavy atom. The van der Waals surface area contributed by atoms with Crippen molar-refractivity contribution in [3.63, 3.8) is 0 Å². The van der Waals surface area contributed by atoms with Gasteiger partial charge in [0.2, 0.25) is 0 Å². The van der Waals surface area contributed by atoms with Crippen molar-refractivity contribution >= 4 is 0 Å². The Morgan fingerprint density at radius 2 is 2.20 bits per heavy atom. The molecule has 1 unspecified atom stereocenters. The number of rotatable bonds is 5. The van der Waals surface area contributed by atoms with Gasteiger partial charge < -0.3 is 10.1 Å². The molecule has 0 amide bonds. The van der Waals surface area contributed by atoms with Gasteiger partial charge in [-0.2, -0.15) is 5.26 Å². The summed E-state index contributed by atoms with van der Waals surface area (Å²) in [7, 11) is 3.56. The minimum atomic E-state index is 0.181. The molecule has 0 spiro atoms. The van der Waals surface area contributed by atoms with Gasteiger partial charge in [0.05, 0.1) is 13.2 Å². The highest BCUT2D eigenvalue weighted by Crippen LogP contribution is 2.27. The SMILES string of the molecule is CNC(CCC#N)c1ccccc1OC. The van der Waals surface area contributed by atoms with Crippen LogP contribution >= 0.6 is 0 Å². The van der Waals surface area contributed by atoms with Crippen LogP contribution in [0.3, 0.4) is 0 Å². The smallest absolute Gasteiger partial charge is 0.123 e. The summed E-state index contributed by atoms with van der Waals surface area (Å²) in [6.45, 7) is 0. The molecule has 1 aromatic carbocycles. The largest absolute Gasteiger partial charge is 0.496 e. The zero-order chi connectivity index (χ0) is 11.1. The fraction of sp³-hybridized carbons (Fsp3) is 0.417. The topological polar surface area (TPSA) is 45.0 Å². The van der Waals surface area contributed by atoms with Gasteiger partial charge >= 0.3 is 0 Å². The van der Waals surface area contributed by atoms with Gasteiger partial charge in [0.1, 0.15) is 5.75 Å². The number of nitrogens with one attached hydrogen (secondary N) is 1. The third-order valence-electron chi connectivity index (χ3n) is 2.41. The molecule has 3 heteroatoms. The number of nitrogens with zero attached hydrogens (tertiary/aromatic N) is 1. The lowest BCUT2D eigenvalue weighted by atomic mass is 10.0. The van der Waals surface area contributed by atoms with Crippen LogP contribution in [0.5, 0.6) is 5.75 Å². The van der Waals surface area contributed by atoms with Gasteiger partial charge in [-0.05, 0) is 19.5 Å². The maximum atomic E-state index is 8.58. The van der Waals surface area contributed by atoms with Gasteiger partial charge in [-0.25, -0.2) is 0 Å². The Balaban J connectivity index is 2.86. The van der Waals surface area contributed by atoms with Crippen molar-refractivity contribution in [3.05, 3.63) is 29.8 Å². The first-order valence-corrected chi connectivity index (χ1v) is 5.00. The first-order chi connectivity index (χ1) is 7.33. The molecule has 0 aromatic heterocycles. The zero-order valence-corrected chi connectivity index (χ0v) is 9.16. The Labute approximate surface area is 90.7 Å². The predicted octanol–water partition coefficient (Wildman–Crippen LogP) is 2.26. The Bertz CT molecular complexity index is 344. The number of hydrogen-bond donors (Lipinski definition) is 1. The van der Waals surface area contributed by atoms with Crippen LogP contribution in [0.1, 0.15) is 24.4 Å². The lowest BCUT2D eigenvalue weighted by molar-refractivity contribution is 0.399. The van der Waals surface area contributed by atoms with Crippen molar-refractivity contribution in [1.29, 1.82) is 5.26 Å². The molecule has 0 bridgehead atoms. The third kappa shape index (κ3) is 2.97. The molecular formula is C12H16N2O. The molecule has 0 heterocycles. The van der Waals surface area contributed by atoms with Gasteiger partial charge in [-0.1, -0.05) is 18.2 Å². The van der Waals surface area contributed by atoms with E-state index in [1.807, 2.05) is 31.3 Å². The second-order valence-corrected chi connectivity index (χ2v) is 3.28. The minimum Gasteiger partial charge on any atom is -0.496 e. The predicted molar refractivity (Wildman–Crippen MR) is 59.6 cm³/mol. The summed E-state index contributed by atoms with van der Waals surface area (Å²) in [6, 6.07) is 10.2.